The van der Waals surface area contributed by atoms with Crippen molar-refractivity contribution in [3.8, 4) is 5.75 Å². The van der Waals surface area contributed by atoms with Crippen LogP contribution >= 0.6 is 0 Å². The predicted octanol–water partition coefficient (Wildman–Crippen LogP) is 2.93. The lowest BCUT2D eigenvalue weighted by atomic mass is 9.98. The summed E-state index contributed by atoms with van der Waals surface area (Å²) < 4.78 is 10.3. The quantitative estimate of drug-likeness (QED) is 0.780. The second-order valence-electron chi connectivity index (χ2n) is 5.11. The lowest BCUT2D eigenvalue weighted by Gasteiger charge is -2.27. The molecule has 0 heterocycles. The van der Waals surface area contributed by atoms with Gasteiger partial charge in [-0.25, -0.2) is 0 Å². The van der Waals surface area contributed by atoms with Gasteiger partial charge in [-0.2, -0.15) is 0 Å². The zero-order valence-corrected chi connectivity index (χ0v) is 13.0. The van der Waals surface area contributed by atoms with Crippen molar-refractivity contribution in [2.45, 2.75) is 39.3 Å². The van der Waals surface area contributed by atoms with Crippen molar-refractivity contribution in [3.05, 3.63) is 29.8 Å². The van der Waals surface area contributed by atoms with E-state index in [9.17, 15) is 4.79 Å². The minimum atomic E-state index is -0.324. The van der Waals surface area contributed by atoms with Gasteiger partial charge in [0.1, 0.15) is 11.8 Å². The van der Waals surface area contributed by atoms with Crippen LogP contribution in [-0.4, -0.2) is 26.2 Å². The van der Waals surface area contributed by atoms with Crippen molar-refractivity contribution in [1.82, 2.24) is 5.32 Å². The van der Waals surface area contributed by atoms with Gasteiger partial charge in [-0.1, -0.05) is 39.0 Å². The highest BCUT2D eigenvalue weighted by atomic mass is 16.5. The van der Waals surface area contributed by atoms with Gasteiger partial charge in [-0.3, -0.25) is 10.1 Å². The van der Waals surface area contributed by atoms with E-state index in [0.717, 1.165) is 17.7 Å². The Hall–Kier alpha value is -1.55. The molecule has 4 nitrogen and oxygen atoms in total. The van der Waals surface area contributed by atoms with Crippen molar-refractivity contribution in [2.24, 2.45) is 5.92 Å². The van der Waals surface area contributed by atoms with E-state index in [4.69, 9.17) is 9.47 Å². The van der Waals surface area contributed by atoms with E-state index >= 15 is 0 Å². The van der Waals surface area contributed by atoms with Gasteiger partial charge < -0.3 is 9.47 Å². The van der Waals surface area contributed by atoms with E-state index < -0.39 is 0 Å². The molecule has 0 spiro atoms. The molecule has 0 aliphatic carbocycles. The normalized spacial score (nSPS) is 13.9. The molecule has 0 fully saturated rings. The third kappa shape index (κ3) is 3.97. The number of ether oxygens (including phenoxy) is 2. The first-order valence-electron chi connectivity index (χ1n) is 7.01. The molecular weight excluding hydrogens is 254 g/mol. The van der Waals surface area contributed by atoms with Crippen molar-refractivity contribution in [1.29, 1.82) is 0 Å². The number of hydrogen-bond donors (Lipinski definition) is 1. The monoisotopic (exact) mass is 279 g/mol. The molecule has 0 aliphatic heterocycles. The first kappa shape index (κ1) is 16.5. The van der Waals surface area contributed by atoms with E-state index in [1.54, 1.807) is 7.11 Å². The summed E-state index contributed by atoms with van der Waals surface area (Å²) in [5, 5.41) is 3.39. The summed E-state index contributed by atoms with van der Waals surface area (Å²) in [6.07, 6.45) is 0.862. The fraction of sp³-hybridized carbons (Fsp3) is 0.562. The van der Waals surface area contributed by atoms with E-state index in [1.165, 1.54) is 7.11 Å². The van der Waals surface area contributed by atoms with Crippen LogP contribution < -0.4 is 10.1 Å². The fourth-order valence-electron chi connectivity index (χ4n) is 2.26. The first-order valence-corrected chi connectivity index (χ1v) is 7.01. The number of carbonyl (C=O) groups is 1. The van der Waals surface area contributed by atoms with Crippen LogP contribution in [0.15, 0.2) is 24.3 Å². The van der Waals surface area contributed by atoms with Gasteiger partial charge in [0.2, 0.25) is 0 Å². The van der Waals surface area contributed by atoms with Crippen LogP contribution in [0.2, 0.25) is 0 Å². The third-order valence-electron chi connectivity index (χ3n) is 3.43. The third-order valence-corrected chi connectivity index (χ3v) is 3.43. The summed E-state index contributed by atoms with van der Waals surface area (Å²) in [7, 11) is 3.08. The summed E-state index contributed by atoms with van der Waals surface area (Å²) in [6, 6.07) is 7.60. The second-order valence-corrected chi connectivity index (χ2v) is 5.11. The lowest BCUT2D eigenvalue weighted by molar-refractivity contribution is -0.144. The van der Waals surface area contributed by atoms with Gasteiger partial charge in [-0.05, 0) is 18.4 Å². The Kier molecular flexibility index (Phi) is 6.52. The molecule has 1 aromatic carbocycles. The molecule has 1 N–H and O–H groups in total. The summed E-state index contributed by atoms with van der Waals surface area (Å²) in [6.45, 7) is 6.09. The van der Waals surface area contributed by atoms with E-state index in [1.807, 2.05) is 38.1 Å². The Labute approximate surface area is 121 Å². The van der Waals surface area contributed by atoms with Crippen molar-refractivity contribution >= 4 is 5.97 Å². The molecule has 1 aromatic rings. The number of methoxy groups -OCH3 is 2. The molecule has 0 bridgehead atoms. The summed E-state index contributed by atoms with van der Waals surface area (Å²) in [5.41, 5.74) is 1.06. The maximum Gasteiger partial charge on any atom is 0.323 e. The summed E-state index contributed by atoms with van der Waals surface area (Å²) in [5.74, 6) is 0.763. The lowest BCUT2D eigenvalue weighted by Crippen LogP contribution is -2.43. The minimum absolute atomic E-state index is 0.0534. The van der Waals surface area contributed by atoms with E-state index in [2.05, 4.69) is 12.2 Å². The van der Waals surface area contributed by atoms with Gasteiger partial charge in [0.15, 0.2) is 0 Å². The van der Waals surface area contributed by atoms with Gasteiger partial charge in [0, 0.05) is 11.6 Å². The van der Waals surface area contributed by atoms with Gasteiger partial charge in [0.05, 0.1) is 14.2 Å². The van der Waals surface area contributed by atoms with Crippen LogP contribution in [0.4, 0.5) is 0 Å². The second kappa shape index (κ2) is 7.90. The molecule has 2 atom stereocenters. The standard InChI is InChI=1S/C16H25NO3/c1-6-13(12-9-7-8-10-14(12)19-4)17-15(11(2)3)16(18)20-5/h7-11,13,15,17H,6H2,1-5H3/t13?,15-/m0/s1. The summed E-state index contributed by atoms with van der Waals surface area (Å²) in [4.78, 5) is 11.9. The van der Waals surface area contributed by atoms with Gasteiger partial charge >= 0.3 is 5.97 Å². The maximum absolute atomic E-state index is 11.9. The molecule has 1 unspecified atom stereocenters. The molecule has 112 valence electrons. The zero-order valence-electron chi connectivity index (χ0n) is 13.0. The molecule has 20 heavy (non-hydrogen) atoms. The first-order chi connectivity index (χ1) is 9.54. The van der Waals surface area contributed by atoms with Crippen LogP contribution in [0.3, 0.4) is 0 Å². The Morgan fingerprint density at radius 2 is 1.90 bits per heavy atom. The number of esters is 1. The summed E-state index contributed by atoms with van der Waals surface area (Å²) >= 11 is 0. The largest absolute Gasteiger partial charge is 0.496 e. The van der Waals surface area contributed by atoms with E-state index in [0.29, 0.717) is 0 Å². The number of hydrogen-bond acceptors (Lipinski definition) is 4. The topological polar surface area (TPSA) is 47.6 Å². The number of para-hydroxylation sites is 1. The molecule has 0 saturated heterocycles. The highest BCUT2D eigenvalue weighted by molar-refractivity contribution is 5.76. The number of rotatable bonds is 7. The van der Waals surface area contributed by atoms with Gasteiger partial charge in [-0.15, -0.1) is 0 Å². The molecule has 1 rings (SSSR count). The Morgan fingerprint density at radius 1 is 1.25 bits per heavy atom. The number of nitrogens with one attached hydrogen (secondary N) is 1. The Morgan fingerprint density at radius 3 is 2.40 bits per heavy atom. The van der Waals surface area contributed by atoms with Gasteiger partial charge in [0.25, 0.3) is 0 Å². The van der Waals surface area contributed by atoms with E-state index in [-0.39, 0.29) is 24.0 Å². The van der Waals surface area contributed by atoms with Crippen molar-refractivity contribution in [2.75, 3.05) is 14.2 Å². The van der Waals surface area contributed by atoms with Crippen LogP contribution in [-0.2, 0) is 9.53 Å². The molecule has 0 aliphatic rings. The Balaban J connectivity index is 2.98. The molecule has 4 heteroatoms. The minimum Gasteiger partial charge on any atom is -0.496 e. The molecule has 0 radical (unpaired) electrons. The fourth-order valence-corrected chi connectivity index (χ4v) is 2.26. The maximum atomic E-state index is 11.9. The van der Waals surface area contributed by atoms with Crippen LogP contribution in [0.5, 0.6) is 5.75 Å². The Bertz CT molecular complexity index is 431. The molecule has 0 saturated carbocycles. The van der Waals surface area contributed by atoms with Crippen LogP contribution in [0, 0.1) is 5.92 Å². The van der Waals surface area contributed by atoms with Crippen molar-refractivity contribution < 1.29 is 14.3 Å². The molecular formula is C16H25NO3. The van der Waals surface area contributed by atoms with Crippen molar-refractivity contribution in [3.63, 3.8) is 0 Å². The molecule has 0 aromatic heterocycles. The zero-order chi connectivity index (χ0) is 15.1. The number of benzene rings is 1. The number of carbonyl (C=O) groups excluding carboxylic acids is 1. The van der Waals surface area contributed by atoms with Crippen LogP contribution in [0.1, 0.15) is 38.8 Å². The highest BCUT2D eigenvalue weighted by Crippen LogP contribution is 2.27. The highest BCUT2D eigenvalue weighted by Gasteiger charge is 2.26. The SMILES string of the molecule is CCC(N[C@H](C(=O)OC)C(C)C)c1ccccc1OC. The smallest absolute Gasteiger partial charge is 0.323 e. The van der Waals surface area contributed by atoms with Crippen LogP contribution in [0.25, 0.3) is 0 Å². The predicted molar refractivity (Wildman–Crippen MR) is 79.8 cm³/mol. The average molecular weight is 279 g/mol. The molecule has 0 amide bonds. The average Bonchev–Trinajstić information content (AvgIpc) is 2.47.